The van der Waals surface area contributed by atoms with Crippen LogP contribution in [0.25, 0.3) is 0 Å². The molecule has 10 heteroatoms. The number of aromatic nitrogens is 1. The first-order valence-corrected chi connectivity index (χ1v) is 11.5. The van der Waals surface area contributed by atoms with Crippen LogP contribution >= 0.6 is 0 Å². The van der Waals surface area contributed by atoms with E-state index < -0.39 is 30.5 Å². The van der Waals surface area contributed by atoms with E-state index in [1.807, 2.05) is 0 Å². The zero-order valence-electron chi connectivity index (χ0n) is 20.2. The molecule has 1 heterocycles. The first-order chi connectivity index (χ1) is 17.7. The van der Waals surface area contributed by atoms with Gasteiger partial charge < -0.3 is 24.6 Å². The minimum absolute atomic E-state index is 0.0208. The van der Waals surface area contributed by atoms with Crippen molar-refractivity contribution in [2.45, 2.75) is 31.0 Å². The Morgan fingerprint density at radius 2 is 1.84 bits per heavy atom. The molecule has 0 radical (unpaired) electrons. The predicted octanol–water partition coefficient (Wildman–Crippen LogP) is 3.95. The van der Waals surface area contributed by atoms with Gasteiger partial charge in [0.25, 0.3) is 5.91 Å². The Balaban J connectivity index is 1.51. The molecule has 3 unspecified atom stereocenters. The number of nitrogens with one attached hydrogen (secondary N) is 1. The Hall–Kier alpha value is -3.89. The summed E-state index contributed by atoms with van der Waals surface area (Å²) in [6, 6.07) is 14.6. The lowest BCUT2D eigenvalue weighted by Crippen LogP contribution is -2.23. The summed E-state index contributed by atoms with van der Waals surface area (Å²) in [6.45, 7) is 1.09. The molecule has 8 nitrogen and oxygen atoms in total. The van der Waals surface area contributed by atoms with Crippen LogP contribution in [0.5, 0.6) is 11.5 Å². The van der Waals surface area contributed by atoms with Crippen molar-refractivity contribution in [3.05, 3.63) is 83.6 Å². The number of aliphatic hydroxyl groups is 1. The summed E-state index contributed by atoms with van der Waals surface area (Å²) in [5.74, 6) is -4.24. The highest BCUT2D eigenvalue weighted by molar-refractivity contribution is 6.07. The Bertz CT molecular complexity index is 1250. The number of hydrogen-bond donors (Lipinski definition) is 2. The van der Waals surface area contributed by atoms with Gasteiger partial charge in [0.1, 0.15) is 29.5 Å². The van der Waals surface area contributed by atoms with E-state index in [0.717, 1.165) is 0 Å². The number of anilines is 1. The van der Waals surface area contributed by atoms with Crippen molar-refractivity contribution < 1.29 is 37.7 Å². The SMILES string of the molecule is COCC(C)Oc1cc(OCC(F)(F)c2ccccc2)cc(C(=O)Nc2ccc(C3C(=O)C3O)cn2)c1. The van der Waals surface area contributed by atoms with Crippen molar-refractivity contribution in [1.82, 2.24) is 4.98 Å². The average Bonchev–Trinajstić information content (AvgIpc) is 3.49. The van der Waals surface area contributed by atoms with Gasteiger partial charge in [-0.3, -0.25) is 9.59 Å². The number of alkyl halides is 2. The van der Waals surface area contributed by atoms with Gasteiger partial charge in [-0.05, 0) is 30.7 Å². The topological polar surface area (TPSA) is 107 Å². The zero-order chi connectivity index (χ0) is 26.6. The second-order valence-electron chi connectivity index (χ2n) is 8.69. The van der Waals surface area contributed by atoms with E-state index >= 15 is 0 Å². The van der Waals surface area contributed by atoms with Gasteiger partial charge in [-0.15, -0.1) is 0 Å². The van der Waals surface area contributed by atoms with Crippen molar-refractivity contribution in [3.63, 3.8) is 0 Å². The van der Waals surface area contributed by atoms with Gasteiger partial charge in [0, 0.05) is 30.5 Å². The maximum absolute atomic E-state index is 14.6. The molecule has 0 aliphatic heterocycles. The first kappa shape index (κ1) is 26.2. The van der Waals surface area contributed by atoms with Crippen molar-refractivity contribution in [2.24, 2.45) is 0 Å². The number of methoxy groups -OCH3 is 1. The normalized spacial score (nSPS) is 17.7. The van der Waals surface area contributed by atoms with Gasteiger partial charge in [-0.1, -0.05) is 36.4 Å². The summed E-state index contributed by atoms with van der Waals surface area (Å²) in [5.41, 5.74) is 0.455. The summed E-state index contributed by atoms with van der Waals surface area (Å²) < 4.78 is 45.5. The van der Waals surface area contributed by atoms with Crippen molar-refractivity contribution in [3.8, 4) is 11.5 Å². The molecule has 1 saturated carbocycles. The molecule has 37 heavy (non-hydrogen) atoms. The summed E-state index contributed by atoms with van der Waals surface area (Å²) >= 11 is 0. The van der Waals surface area contributed by atoms with Crippen molar-refractivity contribution >= 4 is 17.5 Å². The zero-order valence-corrected chi connectivity index (χ0v) is 20.2. The second kappa shape index (κ2) is 11.0. The van der Waals surface area contributed by atoms with Crippen LogP contribution in [-0.2, 0) is 15.5 Å². The number of carbonyl (C=O) groups is 2. The molecule has 3 atom stereocenters. The van der Waals surface area contributed by atoms with E-state index in [1.165, 1.54) is 61.8 Å². The molecule has 1 fully saturated rings. The highest BCUT2D eigenvalue weighted by Crippen LogP contribution is 2.36. The van der Waals surface area contributed by atoms with Gasteiger partial charge in [0.2, 0.25) is 0 Å². The standard InChI is InChI=1S/C27H26F2N2O6/c1-16(14-35-2)37-21-11-18(10-20(12-21)36-15-27(28,29)19-6-4-3-5-7-19)26(34)31-22-9-8-17(13-30-22)23-24(32)25(23)33/h3-13,16,23-24,32H,14-15H2,1-2H3,(H,30,31,34). The fourth-order valence-corrected chi connectivity index (χ4v) is 3.72. The molecule has 4 rings (SSSR count). The minimum atomic E-state index is -3.26. The Morgan fingerprint density at radius 3 is 2.46 bits per heavy atom. The van der Waals surface area contributed by atoms with Crippen LogP contribution < -0.4 is 14.8 Å². The van der Waals surface area contributed by atoms with Crippen molar-refractivity contribution in [2.75, 3.05) is 25.6 Å². The molecule has 0 spiro atoms. The van der Waals surface area contributed by atoms with Gasteiger partial charge in [0.15, 0.2) is 12.4 Å². The van der Waals surface area contributed by atoms with Crippen LogP contribution in [0, 0.1) is 0 Å². The molecular weight excluding hydrogens is 486 g/mol. The van der Waals surface area contributed by atoms with Crippen LogP contribution in [0.4, 0.5) is 14.6 Å². The van der Waals surface area contributed by atoms with Crippen LogP contribution in [0.3, 0.4) is 0 Å². The molecule has 2 N–H and O–H groups in total. The third kappa shape index (κ3) is 6.46. The Labute approximate surface area is 212 Å². The second-order valence-corrected chi connectivity index (χ2v) is 8.69. The number of ether oxygens (including phenoxy) is 3. The number of rotatable bonds is 11. The number of aliphatic hydroxyl groups excluding tert-OH is 1. The molecular formula is C27H26F2N2O6. The molecule has 1 aliphatic carbocycles. The number of halogens is 2. The number of ketones is 1. The third-order valence-electron chi connectivity index (χ3n) is 5.69. The number of amides is 1. The molecule has 3 aromatic rings. The summed E-state index contributed by atoms with van der Waals surface area (Å²) in [7, 11) is 1.52. The lowest BCUT2D eigenvalue weighted by Gasteiger charge is -2.19. The summed E-state index contributed by atoms with van der Waals surface area (Å²) in [4.78, 5) is 28.5. The van der Waals surface area contributed by atoms with Crippen LogP contribution in [0.2, 0.25) is 0 Å². The van der Waals surface area contributed by atoms with Gasteiger partial charge in [-0.25, -0.2) is 4.98 Å². The number of carbonyl (C=O) groups excluding carboxylic acids is 2. The largest absolute Gasteiger partial charge is 0.488 e. The summed E-state index contributed by atoms with van der Waals surface area (Å²) in [5, 5.41) is 12.1. The van der Waals surface area contributed by atoms with E-state index in [-0.39, 0.29) is 46.9 Å². The summed E-state index contributed by atoms with van der Waals surface area (Å²) in [6.07, 6.45) is 0.00962. The Morgan fingerprint density at radius 1 is 1.14 bits per heavy atom. The fourth-order valence-electron chi connectivity index (χ4n) is 3.72. The lowest BCUT2D eigenvalue weighted by molar-refractivity contribution is -0.112. The highest BCUT2D eigenvalue weighted by Gasteiger charge is 2.49. The predicted molar refractivity (Wildman–Crippen MR) is 130 cm³/mol. The minimum Gasteiger partial charge on any atom is -0.488 e. The number of nitrogens with zero attached hydrogens (tertiary/aromatic N) is 1. The van der Waals surface area contributed by atoms with Gasteiger partial charge >= 0.3 is 5.92 Å². The molecule has 1 amide bonds. The molecule has 194 valence electrons. The van der Waals surface area contributed by atoms with Gasteiger partial charge in [-0.2, -0.15) is 8.78 Å². The fraction of sp³-hybridized carbons (Fsp3) is 0.296. The molecule has 2 aromatic carbocycles. The lowest BCUT2D eigenvalue weighted by atomic mass is 10.1. The van der Waals surface area contributed by atoms with Crippen LogP contribution in [0.15, 0.2) is 66.9 Å². The van der Waals surface area contributed by atoms with Crippen LogP contribution in [0.1, 0.15) is 34.3 Å². The van der Waals surface area contributed by atoms with E-state index in [2.05, 4.69) is 10.3 Å². The molecule has 0 saturated heterocycles. The number of hydrogen-bond acceptors (Lipinski definition) is 7. The maximum Gasteiger partial charge on any atom is 0.306 e. The van der Waals surface area contributed by atoms with E-state index in [4.69, 9.17) is 14.2 Å². The highest BCUT2D eigenvalue weighted by atomic mass is 19.3. The maximum atomic E-state index is 14.6. The molecule has 1 aromatic heterocycles. The first-order valence-electron chi connectivity index (χ1n) is 11.5. The van der Waals surface area contributed by atoms with Gasteiger partial charge in [0.05, 0.1) is 12.5 Å². The van der Waals surface area contributed by atoms with E-state index in [0.29, 0.717) is 5.56 Å². The molecule has 1 aliphatic rings. The van der Waals surface area contributed by atoms with E-state index in [1.54, 1.807) is 19.1 Å². The quantitative estimate of drug-likeness (QED) is 0.401. The average molecular weight is 513 g/mol. The molecule has 0 bridgehead atoms. The number of pyridine rings is 1. The van der Waals surface area contributed by atoms with E-state index in [9.17, 15) is 23.5 Å². The van der Waals surface area contributed by atoms with Crippen LogP contribution in [-0.4, -0.2) is 54.3 Å². The number of Topliss-reactive ketones (excluding diaryl/α,β-unsaturated/α-hetero) is 1. The smallest absolute Gasteiger partial charge is 0.306 e. The third-order valence-corrected chi connectivity index (χ3v) is 5.69. The van der Waals surface area contributed by atoms with Crippen molar-refractivity contribution in [1.29, 1.82) is 0 Å². The Kier molecular flexibility index (Phi) is 7.80. The monoisotopic (exact) mass is 512 g/mol. The number of benzene rings is 2.